The summed E-state index contributed by atoms with van der Waals surface area (Å²) in [4.78, 5) is 14.7. The molecule has 182 valence electrons. The van der Waals surface area contributed by atoms with E-state index >= 15 is 0 Å². The number of aliphatic hydroxyl groups is 1. The molecule has 1 aliphatic rings. The summed E-state index contributed by atoms with van der Waals surface area (Å²) >= 11 is 0. The molecule has 0 radical (unpaired) electrons. The first-order valence-electron chi connectivity index (χ1n) is 11.5. The lowest BCUT2D eigenvalue weighted by molar-refractivity contribution is 0.0947. The van der Waals surface area contributed by atoms with Gasteiger partial charge in [0.1, 0.15) is 17.6 Å². The normalized spacial score (nSPS) is 15.2. The first-order valence-corrected chi connectivity index (χ1v) is 11.5. The lowest BCUT2D eigenvalue weighted by atomic mass is 9.96. The molecule has 2 heterocycles. The van der Waals surface area contributed by atoms with Gasteiger partial charge in [-0.15, -0.1) is 0 Å². The summed E-state index contributed by atoms with van der Waals surface area (Å²) in [6.45, 7) is 1.49. The number of ether oxygens (including phenoxy) is 1. The van der Waals surface area contributed by atoms with Crippen LogP contribution in [0.4, 0.5) is 10.1 Å². The van der Waals surface area contributed by atoms with Crippen molar-refractivity contribution in [2.45, 2.75) is 19.1 Å². The monoisotopic (exact) mass is 485 g/mol. The number of carbonyl (C=O) groups is 1. The van der Waals surface area contributed by atoms with Gasteiger partial charge in [-0.1, -0.05) is 24.3 Å². The SMILES string of the molecule is COc1ccc(F)cc1C(=O)NCc1ccc(-c2cc(N3CC[C@@H](O)C3)c3cn[nH]c3c2C#N)cc1. The highest BCUT2D eigenvalue weighted by Gasteiger charge is 2.25. The number of H-pyrrole nitrogens is 1. The van der Waals surface area contributed by atoms with Crippen LogP contribution in [0.25, 0.3) is 22.0 Å². The lowest BCUT2D eigenvalue weighted by Crippen LogP contribution is -2.23. The van der Waals surface area contributed by atoms with Crippen molar-refractivity contribution >= 4 is 22.5 Å². The molecule has 3 aromatic carbocycles. The Labute approximate surface area is 206 Å². The summed E-state index contributed by atoms with van der Waals surface area (Å²) in [5.74, 6) is -0.663. The van der Waals surface area contributed by atoms with Gasteiger partial charge in [-0.3, -0.25) is 9.89 Å². The van der Waals surface area contributed by atoms with Crippen LogP contribution in [-0.2, 0) is 6.54 Å². The molecule has 0 spiro atoms. The maximum absolute atomic E-state index is 13.6. The summed E-state index contributed by atoms with van der Waals surface area (Å²) in [5.41, 5.74) is 4.63. The van der Waals surface area contributed by atoms with Crippen LogP contribution in [0.5, 0.6) is 5.75 Å². The summed E-state index contributed by atoms with van der Waals surface area (Å²) in [6, 6.07) is 15.6. The van der Waals surface area contributed by atoms with E-state index in [-0.39, 0.29) is 18.2 Å². The second-order valence-electron chi connectivity index (χ2n) is 8.70. The Morgan fingerprint density at radius 2 is 2.11 bits per heavy atom. The number of hydrogen-bond donors (Lipinski definition) is 3. The number of aromatic nitrogens is 2. The Morgan fingerprint density at radius 3 is 2.81 bits per heavy atom. The average molecular weight is 486 g/mol. The number of rotatable bonds is 6. The van der Waals surface area contributed by atoms with Crippen molar-refractivity contribution in [1.29, 1.82) is 5.26 Å². The largest absolute Gasteiger partial charge is 0.496 e. The summed E-state index contributed by atoms with van der Waals surface area (Å²) in [5, 5.41) is 30.7. The highest BCUT2D eigenvalue weighted by Crippen LogP contribution is 2.37. The fraction of sp³-hybridized carbons (Fsp3) is 0.222. The van der Waals surface area contributed by atoms with Gasteiger partial charge >= 0.3 is 0 Å². The molecule has 1 atom stereocenters. The molecule has 0 saturated carbocycles. The van der Waals surface area contributed by atoms with E-state index < -0.39 is 11.7 Å². The molecule has 0 aliphatic carbocycles. The van der Waals surface area contributed by atoms with E-state index in [4.69, 9.17) is 4.74 Å². The number of methoxy groups -OCH3 is 1. The quantitative estimate of drug-likeness (QED) is 0.383. The average Bonchev–Trinajstić information content (AvgIpc) is 3.56. The van der Waals surface area contributed by atoms with Crippen LogP contribution in [0.15, 0.2) is 54.7 Å². The Bertz CT molecular complexity index is 1480. The summed E-state index contributed by atoms with van der Waals surface area (Å²) < 4.78 is 18.8. The van der Waals surface area contributed by atoms with Crippen molar-refractivity contribution in [3.8, 4) is 22.9 Å². The molecular formula is C27H24FN5O3. The Balaban J connectivity index is 1.40. The van der Waals surface area contributed by atoms with Crippen LogP contribution in [0, 0.1) is 17.1 Å². The number of carbonyl (C=O) groups excluding carboxylic acids is 1. The number of nitrogens with zero attached hydrogens (tertiary/aromatic N) is 3. The molecule has 9 heteroatoms. The number of nitriles is 1. The molecule has 1 aromatic heterocycles. The minimum absolute atomic E-state index is 0.125. The zero-order valence-electron chi connectivity index (χ0n) is 19.6. The molecular weight excluding hydrogens is 461 g/mol. The Kier molecular flexibility index (Phi) is 6.27. The van der Waals surface area contributed by atoms with E-state index in [1.807, 2.05) is 30.3 Å². The highest BCUT2D eigenvalue weighted by molar-refractivity contribution is 6.00. The molecule has 8 nitrogen and oxygen atoms in total. The second kappa shape index (κ2) is 9.68. The Morgan fingerprint density at radius 1 is 1.31 bits per heavy atom. The molecule has 4 aromatic rings. The van der Waals surface area contributed by atoms with E-state index in [9.17, 15) is 19.6 Å². The lowest BCUT2D eigenvalue weighted by Gasteiger charge is -2.21. The number of halogens is 1. The standard InChI is InChI=1S/C27H24FN5O3/c1-36-25-7-6-18(28)10-21(25)27(35)30-13-16-2-4-17(5-3-16)20-11-24(33-9-8-19(34)15-33)23-14-31-32-26(23)22(20)12-29/h2-7,10-11,14,19,34H,8-9,13,15H2,1H3,(H,30,35)(H,31,32)/t19-/m1/s1. The smallest absolute Gasteiger partial charge is 0.255 e. The number of benzene rings is 3. The predicted molar refractivity (Wildman–Crippen MR) is 133 cm³/mol. The van der Waals surface area contributed by atoms with Crippen molar-refractivity contribution in [1.82, 2.24) is 15.5 Å². The number of fused-ring (bicyclic) bond motifs is 1. The van der Waals surface area contributed by atoms with E-state index in [1.54, 1.807) is 6.20 Å². The minimum Gasteiger partial charge on any atom is -0.496 e. The number of anilines is 1. The molecule has 1 fully saturated rings. The zero-order valence-corrected chi connectivity index (χ0v) is 19.6. The van der Waals surface area contributed by atoms with Crippen molar-refractivity contribution in [2.75, 3.05) is 25.1 Å². The number of aromatic amines is 1. The van der Waals surface area contributed by atoms with E-state index in [1.165, 1.54) is 19.2 Å². The molecule has 3 N–H and O–H groups in total. The fourth-order valence-electron chi connectivity index (χ4n) is 4.60. The zero-order chi connectivity index (χ0) is 25.2. The second-order valence-corrected chi connectivity index (χ2v) is 8.70. The molecule has 36 heavy (non-hydrogen) atoms. The van der Waals surface area contributed by atoms with Crippen LogP contribution in [-0.4, -0.2) is 47.5 Å². The third kappa shape index (κ3) is 4.34. The van der Waals surface area contributed by atoms with Crippen LogP contribution in [0.1, 0.15) is 27.9 Å². The van der Waals surface area contributed by atoms with Gasteiger partial charge in [-0.05, 0) is 41.8 Å². The van der Waals surface area contributed by atoms with Gasteiger partial charge in [0, 0.05) is 36.3 Å². The van der Waals surface area contributed by atoms with Crippen molar-refractivity contribution in [3.05, 3.63) is 77.2 Å². The molecule has 1 amide bonds. The van der Waals surface area contributed by atoms with E-state index in [0.29, 0.717) is 29.8 Å². The minimum atomic E-state index is -0.518. The molecule has 1 saturated heterocycles. The van der Waals surface area contributed by atoms with Crippen LogP contribution in [0.2, 0.25) is 0 Å². The first-order chi connectivity index (χ1) is 17.5. The predicted octanol–water partition coefficient (Wildman–Crippen LogP) is 3.75. The van der Waals surface area contributed by atoms with Crippen molar-refractivity contribution < 1.29 is 19.0 Å². The number of aliphatic hydroxyl groups excluding tert-OH is 1. The number of hydrogen-bond acceptors (Lipinski definition) is 6. The van der Waals surface area contributed by atoms with Crippen LogP contribution < -0.4 is 15.0 Å². The van der Waals surface area contributed by atoms with Crippen molar-refractivity contribution in [2.24, 2.45) is 0 Å². The van der Waals surface area contributed by atoms with Gasteiger partial charge in [0.05, 0.1) is 36.1 Å². The molecule has 5 rings (SSSR count). The fourth-order valence-corrected chi connectivity index (χ4v) is 4.60. The third-order valence-electron chi connectivity index (χ3n) is 6.46. The van der Waals surface area contributed by atoms with Gasteiger partial charge in [0.25, 0.3) is 5.91 Å². The van der Waals surface area contributed by atoms with E-state index in [2.05, 4.69) is 26.5 Å². The van der Waals surface area contributed by atoms with Crippen LogP contribution >= 0.6 is 0 Å². The Hall–Kier alpha value is -4.42. The van der Waals surface area contributed by atoms with Gasteiger partial charge in [-0.2, -0.15) is 10.4 Å². The maximum atomic E-state index is 13.6. The molecule has 0 bridgehead atoms. The van der Waals surface area contributed by atoms with Gasteiger partial charge in [-0.25, -0.2) is 4.39 Å². The summed E-state index contributed by atoms with van der Waals surface area (Å²) in [7, 11) is 1.43. The number of β-amino-alcohol motifs (C(OH)–C–C–N with tert-alkyl or cyclic N) is 1. The third-order valence-corrected chi connectivity index (χ3v) is 6.46. The molecule has 1 aliphatic heterocycles. The molecule has 0 unspecified atom stereocenters. The van der Waals surface area contributed by atoms with Crippen molar-refractivity contribution in [3.63, 3.8) is 0 Å². The van der Waals surface area contributed by atoms with Gasteiger partial charge in [0.2, 0.25) is 0 Å². The number of nitrogens with one attached hydrogen (secondary N) is 2. The summed E-state index contributed by atoms with van der Waals surface area (Å²) in [6.07, 6.45) is 2.02. The van der Waals surface area contributed by atoms with Crippen LogP contribution in [0.3, 0.4) is 0 Å². The highest BCUT2D eigenvalue weighted by atomic mass is 19.1. The van der Waals surface area contributed by atoms with Gasteiger partial charge in [0.15, 0.2) is 0 Å². The maximum Gasteiger partial charge on any atom is 0.255 e. The topological polar surface area (TPSA) is 114 Å². The number of amides is 1. The van der Waals surface area contributed by atoms with Gasteiger partial charge < -0.3 is 20.1 Å². The van der Waals surface area contributed by atoms with E-state index in [0.717, 1.165) is 40.4 Å². The first kappa shape index (κ1) is 23.3.